The molecule has 4 heteroatoms. The molecule has 0 amide bonds. The zero-order chi connectivity index (χ0) is 16.7. The zero-order valence-electron chi connectivity index (χ0n) is 13.9. The largest absolute Gasteiger partial charge is 0.469 e. The Kier molecular flexibility index (Phi) is 4.10. The summed E-state index contributed by atoms with van der Waals surface area (Å²) in [5.41, 5.74) is 7.22. The van der Waals surface area contributed by atoms with Gasteiger partial charge in [0.25, 0.3) is 0 Å². The first-order valence-corrected chi connectivity index (χ1v) is 9.18. The number of hydrogen-bond acceptors (Lipinski definition) is 3. The first kappa shape index (κ1) is 15.7. The number of hydrogen-bond donors (Lipinski definition) is 1. The molecule has 3 nitrogen and oxygen atoms in total. The lowest BCUT2D eigenvalue weighted by Gasteiger charge is -2.39. The third-order valence-electron chi connectivity index (χ3n) is 4.44. The van der Waals surface area contributed by atoms with Gasteiger partial charge >= 0.3 is 0 Å². The number of hydrazine groups is 1. The van der Waals surface area contributed by atoms with Crippen LogP contribution in [0.15, 0.2) is 64.8 Å². The molecule has 0 radical (unpaired) electrons. The molecule has 2 aliphatic heterocycles. The van der Waals surface area contributed by atoms with Crippen LogP contribution in [0.1, 0.15) is 43.7 Å². The van der Waals surface area contributed by atoms with Crippen molar-refractivity contribution in [2.75, 3.05) is 0 Å². The number of nitrogens with one attached hydrogen (secondary N) is 1. The predicted octanol–water partition coefficient (Wildman–Crippen LogP) is 5.33. The summed E-state index contributed by atoms with van der Waals surface area (Å²) in [6.07, 6.45) is 3.24. The minimum atomic E-state index is -0.140. The Labute approximate surface area is 151 Å². The van der Waals surface area contributed by atoms with E-state index >= 15 is 0 Å². The van der Waals surface area contributed by atoms with Crippen LogP contribution in [0.2, 0.25) is 0 Å². The van der Waals surface area contributed by atoms with Crippen molar-refractivity contribution < 1.29 is 4.74 Å². The number of rotatable bonds is 3. The molecule has 2 aromatic carbocycles. The molecule has 0 bridgehead atoms. The van der Waals surface area contributed by atoms with E-state index in [0.29, 0.717) is 5.92 Å². The van der Waals surface area contributed by atoms with Crippen molar-refractivity contribution in [3.63, 3.8) is 0 Å². The smallest absolute Gasteiger partial charge is 0.195 e. The second-order valence-electron chi connectivity index (χ2n) is 6.81. The lowest BCUT2D eigenvalue weighted by molar-refractivity contribution is -0.0368. The van der Waals surface area contributed by atoms with Gasteiger partial charge in [0, 0.05) is 21.3 Å². The summed E-state index contributed by atoms with van der Waals surface area (Å²) in [5, 5.41) is 2.23. The topological polar surface area (TPSA) is 24.5 Å². The van der Waals surface area contributed by atoms with Crippen LogP contribution in [0.4, 0.5) is 0 Å². The lowest BCUT2D eigenvalue weighted by atomic mass is 10.0. The fourth-order valence-corrected chi connectivity index (χ4v) is 3.67. The van der Waals surface area contributed by atoms with Crippen LogP contribution in [0.5, 0.6) is 5.75 Å². The van der Waals surface area contributed by atoms with Crippen LogP contribution >= 0.6 is 15.9 Å². The van der Waals surface area contributed by atoms with Crippen LogP contribution in [0.3, 0.4) is 0 Å². The molecule has 2 heterocycles. The second kappa shape index (κ2) is 6.26. The maximum absolute atomic E-state index is 6.34. The number of halogens is 1. The number of fused-ring (bicyclic) bond motifs is 3. The molecule has 0 fully saturated rings. The van der Waals surface area contributed by atoms with Gasteiger partial charge in [0.2, 0.25) is 0 Å². The van der Waals surface area contributed by atoms with Crippen molar-refractivity contribution in [3.8, 4) is 5.75 Å². The van der Waals surface area contributed by atoms with Gasteiger partial charge in [-0.15, -0.1) is 0 Å². The number of allylic oxidation sites excluding steroid dienone is 1. The van der Waals surface area contributed by atoms with Crippen molar-refractivity contribution >= 4 is 15.9 Å². The summed E-state index contributed by atoms with van der Waals surface area (Å²) in [6.45, 7) is 4.49. The first-order valence-electron chi connectivity index (χ1n) is 8.38. The molecule has 0 aromatic heterocycles. The van der Waals surface area contributed by atoms with Gasteiger partial charge in [-0.1, -0.05) is 60.1 Å². The Morgan fingerprint density at radius 3 is 2.62 bits per heavy atom. The van der Waals surface area contributed by atoms with Crippen LogP contribution in [0, 0.1) is 5.92 Å². The number of benzene rings is 2. The van der Waals surface area contributed by atoms with E-state index < -0.39 is 0 Å². The van der Waals surface area contributed by atoms with E-state index in [1.807, 2.05) is 6.07 Å². The minimum Gasteiger partial charge on any atom is -0.469 e. The summed E-state index contributed by atoms with van der Waals surface area (Å²) >= 11 is 3.51. The SMILES string of the molecule is CC(C)CC1=C[C@H]2c3ccccc3O[C@@H](c3ccc(Br)cc3)N2N1. The quantitative estimate of drug-likeness (QED) is 0.773. The molecule has 24 heavy (non-hydrogen) atoms. The van der Waals surface area contributed by atoms with Crippen molar-refractivity contribution in [2.24, 2.45) is 5.92 Å². The molecule has 0 aliphatic carbocycles. The Balaban J connectivity index is 1.73. The molecule has 4 rings (SSSR count). The van der Waals surface area contributed by atoms with E-state index in [4.69, 9.17) is 4.74 Å². The fourth-order valence-electron chi connectivity index (χ4n) is 3.41. The van der Waals surface area contributed by atoms with Gasteiger partial charge in [-0.25, -0.2) is 0 Å². The van der Waals surface area contributed by atoms with Crippen LogP contribution in [-0.4, -0.2) is 5.01 Å². The highest BCUT2D eigenvalue weighted by atomic mass is 79.9. The molecule has 0 saturated carbocycles. The average Bonchev–Trinajstić information content (AvgIpc) is 2.98. The highest BCUT2D eigenvalue weighted by Gasteiger charge is 2.39. The number of para-hydroxylation sites is 1. The molecular formula is C20H21BrN2O. The molecule has 2 aromatic rings. The average molecular weight is 385 g/mol. The lowest BCUT2D eigenvalue weighted by Crippen LogP contribution is -2.43. The van der Waals surface area contributed by atoms with Crippen molar-refractivity contribution in [2.45, 2.75) is 32.5 Å². The monoisotopic (exact) mass is 384 g/mol. The Morgan fingerprint density at radius 1 is 1.12 bits per heavy atom. The summed E-state index contributed by atoms with van der Waals surface area (Å²) in [5.74, 6) is 1.59. The van der Waals surface area contributed by atoms with Gasteiger partial charge in [-0.3, -0.25) is 0 Å². The van der Waals surface area contributed by atoms with Crippen molar-refractivity contribution in [3.05, 3.63) is 75.9 Å². The van der Waals surface area contributed by atoms with E-state index in [-0.39, 0.29) is 12.3 Å². The maximum Gasteiger partial charge on any atom is 0.195 e. The Bertz CT molecular complexity index is 769. The Morgan fingerprint density at radius 2 is 1.88 bits per heavy atom. The summed E-state index contributed by atoms with van der Waals surface area (Å²) < 4.78 is 7.42. The molecule has 2 aliphatic rings. The van der Waals surface area contributed by atoms with Crippen LogP contribution in [0.25, 0.3) is 0 Å². The normalized spacial score (nSPS) is 22.4. The van der Waals surface area contributed by atoms with Crippen LogP contribution in [-0.2, 0) is 0 Å². The molecule has 0 saturated heterocycles. The predicted molar refractivity (Wildman–Crippen MR) is 99.2 cm³/mol. The summed E-state index contributed by atoms with van der Waals surface area (Å²) in [4.78, 5) is 0. The molecule has 1 N–H and O–H groups in total. The summed E-state index contributed by atoms with van der Waals surface area (Å²) in [6, 6.07) is 16.9. The third-order valence-corrected chi connectivity index (χ3v) is 4.97. The maximum atomic E-state index is 6.34. The Hall–Kier alpha value is -1.78. The van der Waals surface area contributed by atoms with E-state index in [1.54, 1.807) is 0 Å². The summed E-state index contributed by atoms with van der Waals surface area (Å²) in [7, 11) is 0. The minimum absolute atomic E-state index is 0.140. The van der Waals surface area contributed by atoms with Gasteiger partial charge in [0.1, 0.15) is 5.75 Å². The van der Waals surface area contributed by atoms with E-state index in [1.165, 1.54) is 11.3 Å². The second-order valence-corrected chi connectivity index (χ2v) is 7.73. The molecular weight excluding hydrogens is 364 g/mol. The van der Waals surface area contributed by atoms with Gasteiger partial charge in [0.05, 0.1) is 6.04 Å². The van der Waals surface area contributed by atoms with Crippen molar-refractivity contribution in [1.82, 2.24) is 10.4 Å². The van der Waals surface area contributed by atoms with Gasteiger partial charge in [-0.2, -0.15) is 5.01 Å². The van der Waals surface area contributed by atoms with Crippen LogP contribution < -0.4 is 10.2 Å². The third kappa shape index (κ3) is 2.85. The number of nitrogens with zero attached hydrogens (tertiary/aromatic N) is 1. The first-order chi connectivity index (χ1) is 11.6. The highest BCUT2D eigenvalue weighted by molar-refractivity contribution is 9.10. The highest BCUT2D eigenvalue weighted by Crippen LogP contribution is 2.45. The van der Waals surface area contributed by atoms with Gasteiger partial charge in [0.15, 0.2) is 6.23 Å². The standard InChI is InChI=1S/C20H21BrN2O/c1-13(2)11-16-12-18-17-5-3-4-6-19(17)24-20(23(18)22-16)14-7-9-15(21)10-8-14/h3-10,12-13,18,20,22H,11H2,1-2H3/t18-,20-/m0/s1. The van der Waals surface area contributed by atoms with Gasteiger partial charge in [-0.05, 0) is 36.6 Å². The van der Waals surface area contributed by atoms with E-state index in [9.17, 15) is 0 Å². The molecule has 2 atom stereocenters. The van der Waals surface area contributed by atoms with Gasteiger partial charge < -0.3 is 10.2 Å². The van der Waals surface area contributed by atoms with Crippen molar-refractivity contribution in [1.29, 1.82) is 0 Å². The molecule has 0 unspecified atom stereocenters. The van der Waals surface area contributed by atoms with E-state index in [2.05, 4.69) is 88.8 Å². The fraction of sp³-hybridized carbons (Fsp3) is 0.300. The van der Waals surface area contributed by atoms with E-state index in [0.717, 1.165) is 22.2 Å². The zero-order valence-corrected chi connectivity index (χ0v) is 15.5. The molecule has 0 spiro atoms. The molecule has 124 valence electrons. The number of ether oxygens (including phenoxy) is 1.